The van der Waals surface area contributed by atoms with Crippen molar-refractivity contribution in [1.29, 1.82) is 0 Å². The summed E-state index contributed by atoms with van der Waals surface area (Å²) in [5, 5.41) is 142. The lowest BCUT2D eigenvalue weighted by atomic mass is 9.84. The number of hydrogen-bond donors (Lipinski definition) is 20. The first-order valence-electron chi connectivity index (χ1n) is 39.0. The first-order valence-corrected chi connectivity index (χ1v) is 40.1. The molecule has 7 aliphatic heterocycles. The second-order valence-corrected chi connectivity index (χ2v) is 32.2. The molecular weight excluding hydrogens is 1670 g/mol. The Kier molecular flexibility index (Phi) is 27.4. The zero-order chi connectivity index (χ0) is 88.3. The first kappa shape index (κ1) is 89.3. The number of carboxylic acid groups (broad SMARTS) is 1. The van der Waals surface area contributed by atoms with Gasteiger partial charge in [-0.25, -0.2) is 4.79 Å². The number of aliphatic carboxylic acids is 1. The van der Waals surface area contributed by atoms with E-state index in [1.165, 1.54) is 19.2 Å². The van der Waals surface area contributed by atoms with E-state index in [1.54, 1.807) is 44.3 Å². The SMILES string of the molecule is CN[C@H](CC(C)C)C(=O)N[C@H]1C(=O)N[C@@H](CC(N)=O)C(=O)N[C@H]2C(=O)N[C@H]3C(=O)N[C@H](C(=O)NC(C(=O)O)c4cc(O)cc(O)c4-c4cc3ccc4O)[C@H](O)c3ccc(c(Cl)c3)Oc3cc2cc(c3OC2OC(CO)C(O)C(O)C2OC2CC(C)(NCc3ccc(OCCNc4ccnc5cc(Cl)ccc45)cc3)C(O)C(C)O2)Oc2ccc(cc2Cl)[C@H]1O. The van der Waals surface area contributed by atoms with Crippen LogP contribution in [0.4, 0.5) is 5.69 Å². The number of rotatable bonds is 21. The van der Waals surface area contributed by atoms with E-state index in [0.717, 1.165) is 88.9 Å². The number of halogens is 3. The molecule has 2 saturated heterocycles. The number of carbonyl (C=O) groups is 8. The molecule has 15 rings (SSSR count). The van der Waals surface area contributed by atoms with Crippen LogP contribution in [-0.4, -0.2) is 209 Å². The van der Waals surface area contributed by atoms with Crippen LogP contribution in [0, 0.1) is 5.92 Å². The monoisotopic (exact) mass is 1760 g/mol. The number of phenols is 3. The highest BCUT2D eigenvalue weighted by Crippen LogP contribution is 2.50. The molecule has 8 aromatic rings. The number of aliphatic hydroxyl groups is 6. The summed E-state index contributed by atoms with van der Waals surface area (Å²) in [6.45, 7) is 6.82. The van der Waals surface area contributed by atoms with Gasteiger partial charge in [-0.15, -0.1) is 0 Å². The molecule has 21 N–H and O–H groups in total. The van der Waals surface area contributed by atoms with E-state index >= 15 is 14.4 Å². The Bertz CT molecular complexity index is 5370. The lowest BCUT2D eigenvalue weighted by Gasteiger charge is -2.48. The summed E-state index contributed by atoms with van der Waals surface area (Å²) in [5.74, 6) is -15.6. The number of likely N-dealkylation sites (N-methyl/N-ethyl adjacent to an activating group) is 1. The fraction of sp³-hybridized carbons (Fsp3) is 0.369. The Morgan fingerprint density at radius 1 is 0.699 bits per heavy atom. The van der Waals surface area contributed by atoms with Crippen molar-refractivity contribution < 1.29 is 123 Å². The van der Waals surface area contributed by atoms with E-state index in [1.807, 2.05) is 38.1 Å². The Labute approximate surface area is 716 Å². The molecule has 0 saturated carbocycles. The standard InChI is InChI=1S/C84H90Cl3N11O25/c1-35(2)22-52(89-5)76(109)97-67-69(104)39-9-16-56(48(86)24-39)119-58-26-41-27-59(73(58)123-83-74(72(107)71(106)60(34-99)121-83)122-62-32-84(4,75(108)36(3)118-62)92-33-37-6-12-44(13-7-37)117-21-20-91-50-18-19-90-51-28-42(85)11-14-45(50)51)120-57-17-10-40(25-49(57)87)70(105)68-81(114)96-66(82(115)116)47-29-43(100)30-55(102)63(47)46-23-38(8-15-54(46)101)64(78(111)98-68)95-79(112)65(41)94-77(110)53(31-61(88)103)93-80(67)113/h6-19,23-30,35-36,52-53,60,62,64-72,74-75,83,89,92,99-102,104-108H,20-22,31-34H2,1-5H3,(H2,88,103)(H,90,91)(H,93,113)(H,94,110)(H,95,112)(H,96,114)(H,97,109)(H,98,111)(H,115,116)/t36?,52-,53+,60?,62?,64-,65-,66?,67-,68+,69-,70-,71?,72?,74?,75?,83?,84?/m1/s1. The summed E-state index contributed by atoms with van der Waals surface area (Å²) in [4.78, 5) is 123. The van der Waals surface area contributed by atoms with E-state index in [0.29, 0.717) is 23.9 Å². The molecule has 0 spiro atoms. The molecule has 36 nitrogen and oxygen atoms in total. The highest BCUT2D eigenvalue weighted by atomic mass is 35.5. The third kappa shape index (κ3) is 19.8. The molecule has 652 valence electrons. The third-order valence-corrected chi connectivity index (χ3v) is 22.6. The highest BCUT2D eigenvalue weighted by Gasteiger charge is 2.52. The van der Waals surface area contributed by atoms with Crippen molar-refractivity contribution in [3.63, 3.8) is 0 Å². The molecule has 0 radical (unpaired) electrons. The highest BCUT2D eigenvalue weighted by molar-refractivity contribution is 6.32. The zero-order valence-corrected chi connectivity index (χ0v) is 68.6. The second kappa shape index (κ2) is 37.7. The molecule has 123 heavy (non-hydrogen) atoms. The first-order chi connectivity index (χ1) is 58.6. The summed E-state index contributed by atoms with van der Waals surface area (Å²) in [7, 11) is 1.47. The summed E-state index contributed by atoms with van der Waals surface area (Å²) in [6.07, 6.45) is -17.2. The van der Waals surface area contributed by atoms with Crippen LogP contribution in [-0.2, 0) is 59.1 Å². The number of fused-ring (bicyclic) bond motifs is 16. The molecule has 18 atom stereocenters. The molecule has 39 heteroatoms. The van der Waals surface area contributed by atoms with Gasteiger partial charge in [-0.3, -0.25) is 38.5 Å². The Balaban J connectivity index is 0.922. The van der Waals surface area contributed by atoms with E-state index in [4.69, 9.17) is 73.7 Å². The molecule has 7 aromatic carbocycles. The normalized spacial score (nSPS) is 26.2. The lowest BCUT2D eigenvalue weighted by molar-refractivity contribution is -0.334. The van der Waals surface area contributed by atoms with Crippen LogP contribution in [0.25, 0.3) is 22.0 Å². The topological polar surface area (TPSA) is 551 Å². The van der Waals surface area contributed by atoms with Gasteiger partial charge in [-0.05, 0) is 152 Å². The van der Waals surface area contributed by atoms with Gasteiger partial charge in [0.25, 0.3) is 0 Å². The van der Waals surface area contributed by atoms with Crippen LogP contribution in [0.5, 0.6) is 51.7 Å². The minimum absolute atomic E-state index is 0.112. The van der Waals surface area contributed by atoms with E-state index in [9.17, 15) is 75.0 Å². The number of aliphatic hydroxyl groups excluding tert-OH is 6. The minimum Gasteiger partial charge on any atom is -0.508 e. The molecular formula is C84H90Cl3N11O25. The number of nitrogens with one attached hydrogen (secondary N) is 9. The number of ether oxygens (including phenoxy) is 7. The van der Waals surface area contributed by atoms with Crippen molar-refractivity contribution in [2.45, 2.75) is 163 Å². The predicted octanol–water partition coefficient (Wildman–Crippen LogP) is 4.63. The Hall–Kier alpha value is -11.5. The van der Waals surface area contributed by atoms with Gasteiger partial charge in [-0.2, -0.15) is 0 Å². The van der Waals surface area contributed by atoms with Crippen molar-refractivity contribution >= 4 is 98.7 Å². The van der Waals surface area contributed by atoms with E-state index in [-0.39, 0.29) is 52.8 Å². The number of anilines is 1. The molecule has 2 fully saturated rings. The fourth-order valence-electron chi connectivity index (χ4n) is 15.3. The fourth-order valence-corrected chi connectivity index (χ4v) is 15.9. The molecule has 11 bridgehead atoms. The van der Waals surface area contributed by atoms with Gasteiger partial charge in [0.1, 0.15) is 102 Å². The van der Waals surface area contributed by atoms with Crippen LogP contribution in [0.3, 0.4) is 0 Å². The number of carboxylic acids is 1. The van der Waals surface area contributed by atoms with Crippen LogP contribution in [0.2, 0.25) is 15.1 Å². The molecule has 0 aliphatic carbocycles. The number of nitrogens with two attached hydrogens (primary N) is 1. The van der Waals surface area contributed by atoms with Crippen molar-refractivity contribution in [2.24, 2.45) is 11.7 Å². The summed E-state index contributed by atoms with van der Waals surface area (Å²) in [5.41, 5.74) is 3.97. The number of phenolic OH excluding ortho intramolecular Hbond substituents is 3. The van der Waals surface area contributed by atoms with Crippen molar-refractivity contribution in [1.82, 2.24) is 47.5 Å². The van der Waals surface area contributed by atoms with Gasteiger partial charge in [0.05, 0.1) is 46.8 Å². The molecule has 7 amide bonds. The zero-order valence-electron chi connectivity index (χ0n) is 66.3. The predicted molar refractivity (Wildman–Crippen MR) is 439 cm³/mol. The average Bonchev–Trinajstić information content (AvgIpc) is 0.766. The number of aromatic hydroxyl groups is 3. The third-order valence-electron chi connectivity index (χ3n) is 21.7. The Morgan fingerprint density at radius 2 is 1.36 bits per heavy atom. The number of aromatic nitrogens is 1. The van der Waals surface area contributed by atoms with Crippen LogP contribution < -0.4 is 72.5 Å². The Morgan fingerprint density at radius 3 is 2.01 bits per heavy atom. The van der Waals surface area contributed by atoms with Gasteiger partial charge in [0.15, 0.2) is 29.9 Å². The number of nitrogens with zero attached hydrogens (tertiary/aromatic N) is 1. The van der Waals surface area contributed by atoms with E-state index in [2.05, 4.69) is 52.8 Å². The number of pyridine rings is 1. The molecule has 8 heterocycles. The largest absolute Gasteiger partial charge is 0.508 e. The number of carbonyl (C=O) groups excluding carboxylic acids is 7. The number of amides is 7. The average molecular weight is 1760 g/mol. The van der Waals surface area contributed by atoms with Crippen LogP contribution in [0.15, 0.2) is 134 Å². The quantitative estimate of drug-likeness (QED) is 0.0436. The number of hydrogen-bond acceptors (Lipinski definition) is 28. The van der Waals surface area contributed by atoms with Gasteiger partial charge in [0, 0.05) is 70.1 Å². The van der Waals surface area contributed by atoms with Crippen molar-refractivity contribution in [2.75, 3.05) is 32.1 Å². The number of benzene rings is 7. The van der Waals surface area contributed by atoms with Crippen molar-refractivity contribution in [3.05, 3.63) is 182 Å². The van der Waals surface area contributed by atoms with Crippen LogP contribution >= 0.6 is 34.8 Å². The van der Waals surface area contributed by atoms with Crippen molar-refractivity contribution in [3.8, 4) is 62.9 Å². The lowest BCUT2D eigenvalue weighted by Crippen LogP contribution is -2.65. The maximum Gasteiger partial charge on any atom is 0.330 e. The second-order valence-electron chi connectivity index (χ2n) is 30.9. The minimum atomic E-state index is -2.37. The van der Waals surface area contributed by atoms with Gasteiger partial charge >= 0.3 is 5.97 Å². The molecule has 7 aliphatic rings. The summed E-state index contributed by atoms with van der Waals surface area (Å²) < 4.78 is 45.6. The van der Waals surface area contributed by atoms with E-state index < -0.39 is 237 Å². The van der Waals surface area contributed by atoms with Crippen LogP contribution in [0.1, 0.15) is 111 Å². The summed E-state index contributed by atoms with van der Waals surface area (Å²) in [6, 6.07) is 13.8. The molecule has 1 aromatic heterocycles. The maximum atomic E-state index is 16.2. The number of primary amides is 1. The maximum absolute atomic E-state index is 16.2. The van der Waals surface area contributed by atoms with Gasteiger partial charge in [-0.1, -0.05) is 79.0 Å². The van der Waals surface area contributed by atoms with Gasteiger partial charge in [0.2, 0.25) is 53.4 Å². The summed E-state index contributed by atoms with van der Waals surface area (Å²) >= 11 is 20.5. The molecule has 10 unspecified atom stereocenters. The smallest absolute Gasteiger partial charge is 0.330 e. The van der Waals surface area contributed by atoms with Gasteiger partial charge < -0.3 is 138 Å².